The number of aliphatic hydroxyl groups is 1. The zero-order valence-electron chi connectivity index (χ0n) is 18.0. The van der Waals surface area contributed by atoms with E-state index in [2.05, 4.69) is 0 Å². The molecule has 2 aliphatic rings. The van der Waals surface area contributed by atoms with Crippen molar-refractivity contribution >= 4 is 34.3 Å². The molecule has 9 nitrogen and oxygen atoms in total. The van der Waals surface area contributed by atoms with Gasteiger partial charge in [0.05, 0.1) is 17.4 Å². The van der Waals surface area contributed by atoms with Crippen LogP contribution in [0.1, 0.15) is 31.1 Å². The van der Waals surface area contributed by atoms with Gasteiger partial charge in [0.15, 0.2) is 18.2 Å². The molecule has 3 rings (SSSR count). The summed E-state index contributed by atoms with van der Waals surface area (Å²) >= 11 is 6.16. The van der Waals surface area contributed by atoms with Crippen molar-refractivity contribution in [2.45, 2.75) is 62.2 Å². The van der Waals surface area contributed by atoms with Crippen LogP contribution in [0.15, 0.2) is 30.3 Å². The number of nitriles is 1. The number of thioether (sulfide) groups is 1. The molecule has 0 aliphatic carbocycles. The van der Waals surface area contributed by atoms with Gasteiger partial charge in [0, 0.05) is 7.11 Å². The zero-order valence-corrected chi connectivity index (χ0v) is 19.7. The van der Waals surface area contributed by atoms with Gasteiger partial charge in [0.1, 0.15) is 12.2 Å². The molecular formula is C21H25NO8S2. The van der Waals surface area contributed by atoms with E-state index < -0.39 is 47.4 Å². The molecule has 6 atom stereocenters. The van der Waals surface area contributed by atoms with Crippen LogP contribution in [-0.2, 0) is 28.4 Å². The monoisotopic (exact) mass is 483 g/mol. The van der Waals surface area contributed by atoms with Gasteiger partial charge in [-0.15, -0.1) is 0 Å². The van der Waals surface area contributed by atoms with Crippen molar-refractivity contribution in [3.63, 3.8) is 0 Å². The second-order valence-corrected chi connectivity index (χ2v) is 9.30. The van der Waals surface area contributed by atoms with Crippen molar-refractivity contribution < 1.29 is 38.3 Å². The van der Waals surface area contributed by atoms with E-state index in [4.69, 9.17) is 40.6 Å². The Kier molecular flexibility index (Phi) is 7.77. The Morgan fingerprint density at radius 1 is 1.34 bits per heavy atom. The van der Waals surface area contributed by atoms with Gasteiger partial charge < -0.3 is 33.5 Å². The van der Waals surface area contributed by atoms with E-state index in [0.29, 0.717) is 6.61 Å². The number of carbonyl (C=O) groups excluding carboxylic acids is 1. The van der Waals surface area contributed by atoms with E-state index in [-0.39, 0.29) is 9.95 Å². The van der Waals surface area contributed by atoms with Crippen LogP contribution in [0, 0.1) is 11.3 Å². The van der Waals surface area contributed by atoms with Gasteiger partial charge in [-0.1, -0.05) is 30.0 Å². The first-order chi connectivity index (χ1) is 15.1. The first-order valence-corrected chi connectivity index (χ1v) is 11.2. The van der Waals surface area contributed by atoms with Crippen molar-refractivity contribution in [1.82, 2.24) is 0 Å². The molecule has 1 aromatic carbocycles. The lowest BCUT2D eigenvalue weighted by Gasteiger charge is -2.36. The molecular weight excluding hydrogens is 458 g/mol. The highest BCUT2D eigenvalue weighted by molar-refractivity contribution is 8.23. The number of nitrogens with zero attached hydrogens (tertiary/aromatic N) is 1. The van der Waals surface area contributed by atoms with Crippen molar-refractivity contribution in [2.75, 3.05) is 13.7 Å². The van der Waals surface area contributed by atoms with E-state index in [1.807, 2.05) is 6.07 Å². The topological polar surface area (TPSA) is 116 Å². The Labute approximate surface area is 195 Å². The predicted octanol–water partition coefficient (Wildman–Crippen LogP) is 2.37. The van der Waals surface area contributed by atoms with Crippen LogP contribution in [0.25, 0.3) is 0 Å². The molecule has 2 fully saturated rings. The third kappa shape index (κ3) is 5.07. The SMILES string of the molecule is CCOC(=S)SC(C(C#N)OC(=O)c1ccccc1)[C@H]1O[C@@H]2OC(C)(C)O[C@@H]2[C@]1(O)OC. The summed E-state index contributed by atoms with van der Waals surface area (Å²) in [7, 11) is 1.29. The standard InChI is InChI=1S/C21H25NO8S2/c1-5-26-19(31)32-14(13(11-22)27-17(23)12-9-7-6-8-10-12)15-21(24,25-4)16-18(28-15)30-20(2,3)29-16/h6-10,13-16,18,24H,5H2,1-4H3/t13?,14?,15-,16+,18-,21-/m1/s1. The van der Waals surface area contributed by atoms with E-state index in [1.165, 1.54) is 7.11 Å². The maximum absolute atomic E-state index is 12.6. The number of fused-ring (bicyclic) bond motifs is 1. The number of methoxy groups -OCH3 is 1. The summed E-state index contributed by atoms with van der Waals surface area (Å²) in [5.41, 5.74) is 0.267. The lowest BCUT2D eigenvalue weighted by molar-refractivity contribution is -0.291. The molecule has 0 radical (unpaired) electrons. The number of thiocarbonyl (C=S) groups is 1. The second kappa shape index (κ2) is 10.0. The number of benzene rings is 1. The van der Waals surface area contributed by atoms with Crippen LogP contribution in [0.4, 0.5) is 0 Å². The summed E-state index contributed by atoms with van der Waals surface area (Å²) < 4.78 is 33.8. The summed E-state index contributed by atoms with van der Waals surface area (Å²) in [4.78, 5) is 12.6. The first kappa shape index (κ1) is 24.9. The Morgan fingerprint density at radius 3 is 2.62 bits per heavy atom. The highest BCUT2D eigenvalue weighted by Gasteiger charge is 2.67. The number of carbonyl (C=O) groups is 1. The molecule has 2 saturated heterocycles. The van der Waals surface area contributed by atoms with Gasteiger partial charge in [-0.3, -0.25) is 0 Å². The van der Waals surface area contributed by atoms with Crippen LogP contribution in [0.3, 0.4) is 0 Å². The van der Waals surface area contributed by atoms with Crippen molar-refractivity contribution in [2.24, 2.45) is 0 Å². The Hall–Kier alpha value is -1.78. The maximum atomic E-state index is 12.6. The van der Waals surface area contributed by atoms with Crippen molar-refractivity contribution in [3.8, 4) is 6.07 Å². The fourth-order valence-electron chi connectivity index (χ4n) is 3.53. The molecule has 0 aromatic heterocycles. The van der Waals surface area contributed by atoms with Crippen LogP contribution in [0.5, 0.6) is 0 Å². The summed E-state index contributed by atoms with van der Waals surface area (Å²) in [6.07, 6.45) is -4.53. The molecule has 0 spiro atoms. The number of rotatable bonds is 7. The van der Waals surface area contributed by atoms with E-state index in [9.17, 15) is 15.2 Å². The lowest BCUT2D eigenvalue weighted by atomic mass is 10.00. The van der Waals surface area contributed by atoms with Gasteiger partial charge in [-0.05, 0) is 45.1 Å². The smallest absolute Gasteiger partial charge is 0.339 e. The molecule has 1 aromatic rings. The molecule has 0 amide bonds. The summed E-state index contributed by atoms with van der Waals surface area (Å²) in [5.74, 6) is -3.73. The van der Waals surface area contributed by atoms with Crippen molar-refractivity contribution in [1.29, 1.82) is 5.26 Å². The molecule has 174 valence electrons. The average Bonchev–Trinajstić information content (AvgIpc) is 3.21. The molecule has 11 heteroatoms. The van der Waals surface area contributed by atoms with Crippen molar-refractivity contribution in [3.05, 3.63) is 35.9 Å². The zero-order chi connectivity index (χ0) is 23.5. The third-order valence-electron chi connectivity index (χ3n) is 4.94. The first-order valence-electron chi connectivity index (χ1n) is 9.93. The molecule has 32 heavy (non-hydrogen) atoms. The Morgan fingerprint density at radius 2 is 2.03 bits per heavy atom. The van der Waals surface area contributed by atoms with Gasteiger partial charge in [-0.2, -0.15) is 5.26 Å². The fourth-order valence-corrected chi connectivity index (χ4v) is 5.01. The molecule has 1 N–H and O–H groups in total. The number of ether oxygens (including phenoxy) is 6. The molecule has 2 unspecified atom stereocenters. The van der Waals surface area contributed by atoms with Crippen LogP contribution < -0.4 is 0 Å². The molecule has 0 saturated carbocycles. The fraction of sp³-hybridized carbons (Fsp3) is 0.571. The van der Waals surface area contributed by atoms with Crippen LogP contribution in [0.2, 0.25) is 0 Å². The molecule has 2 aliphatic heterocycles. The van der Waals surface area contributed by atoms with Gasteiger partial charge >= 0.3 is 5.97 Å². The number of esters is 1. The summed E-state index contributed by atoms with van der Waals surface area (Å²) in [5, 5.41) is 20.2. The highest BCUT2D eigenvalue weighted by atomic mass is 32.2. The van der Waals surface area contributed by atoms with Gasteiger partial charge in [0.2, 0.25) is 16.3 Å². The van der Waals surface area contributed by atoms with Crippen LogP contribution >= 0.6 is 24.0 Å². The third-order valence-corrected chi connectivity index (χ3v) is 6.43. The quantitative estimate of drug-likeness (QED) is 0.350. The minimum absolute atomic E-state index is 0.0924. The van der Waals surface area contributed by atoms with Crippen LogP contribution in [-0.4, -0.2) is 70.6 Å². The average molecular weight is 484 g/mol. The van der Waals surface area contributed by atoms with E-state index in [1.54, 1.807) is 51.1 Å². The van der Waals surface area contributed by atoms with E-state index in [0.717, 1.165) is 11.8 Å². The normalized spacial score (nSPS) is 30.1. The molecule has 2 heterocycles. The number of hydrogen-bond acceptors (Lipinski definition) is 11. The Balaban J connectivity index is 1.90. The highest BCUT2D eigenvalue weighted by Crippen LogP contribution is 2.47. The summed E-state index contributed by atoms with van der Waals surface area (Å²) in [6.45, 7) is 5.40. The van der Waals surface area contributed by atoms with Gasteiger partial charge in [0.25, 0.3) is 0 Å². The Bertz CT molecular complexity index is 876. The number of hydrogen-bond donors (Lipinski definition) is 1. The minimum Gasteiger partial charge on any atom is -0.479 e. The largest absolute Gasteiger partial charge is 0.479 e. The van der Waals surface area contributed by atoms with Gasteiger partial charge in [-0.25, -0.2) is 4.79 Å². The lowest BCUT2D eigenvalue weighted by Crippen LogP contribution is -2.56. The second-order valence-electron chi connectivity index (χ2n) is 7.52. The molecule has 0 bridgehead atoms. The van der Waals surface area contributed by atoms with E-state index >= 15 is 0 Å². The predicted molar refractivity (Wildman–Crippen MR) is 118 cm³/mol. The minimum atomic E-state index is -2.01. The maximum Gasteiger partial charge on any atom is 0.339 e. The summed E-state index contributed by atoms with van der Waals surface area (Å²) in [6, 6.07) is 10.2.